The van der Waals surface area contributed by atoms with Crippen LogP contribution in [0.2, 0.25) is 0 Å². The van der Waals surface area contributed by atoms with E-state index in [4.69, 9.17) is 25.4 Å². The van der Waals surface area contributed by atoms with E-state index in [9.17, 15) is 4.79 Å². The summed E-state index contributed by atoms with van der Waals surface area (Å²) >= 11 is 0. The zero-order chi connectivity index (χ0) is 15.6. The number of amides is 1. The van der Waals surface area contributed by atoms with Crippen molar-refractivity contribution in [3.05, 3.63) is 0 Å². The highest BCUT2D eigenvalue weighted by atomic mass is 16.6. The molecule has 1 N–H and O–H groups in total. The average molecular weight is 301 g/mol. The van der Waals surface area contributed by atoms with Gasteiger partial charge in [0.15, 0.2) is 0 Å². The number of rotatable bonds is 15. The van der Waals surface area contributed by atoms with Gasteiger partial charge in [-0.1, -0.05) is 0 Å². The quantitative estimate of drug-likeness (QED) is 0.354. The number of hydrogen-bond donors (Lipinski definition) is 1. The Morgan fingerprint density at radius 1 is 1.00 bits per heavy atom. The smallest absolute Gasteiger partial charge is 0.220 e. The van der Waals surface area contributed by atoms with Crippen LogP contribution in [0.25, 0.3) is 0 Å². The third-order valence-electron chi connectivity index (χ3n) is 2.47. The first-order valence-corrected chi connectivity index (χ1v) is 7.23. The largest absolute Gasteiger partial charge is 0.382 e. The fourth-order valence-electron chi connectivity index (χ4n) is 1.39. The number of nitrogens with one attached hydrogen (secondary N) is 1. The van der Waals surface area contributed by atoms with E-state index in [2.05, 4.69) is 11.2 Å². The van der Waals surface area contributed by atoms with Gasteiger partial charge in [0.25, 0.3) is 0 Å². The van der Waals surface area contributed by atoms with Crippen molar-refractivity contribution in [2.24, 2.45) is 0 Å². The van der Waals surface area contributed by atoms with Crippen molar-refractivity contribution in [1.29, 1.82) is 0 Å². The van der Waals surface area contributed by atoms with Gasteiger partial charge in [0, 0.05) is 26.5 Å². The van der Waals surface area contributed by atoms with Crippen LogP contribution in [0, 0.1) is 12.3 Å². The third kappa shape index (κ3) is 16.8. The summed E-state index contributed by atoms with van der Waals surface area (Å²) in [6.45, 7) is 4.28. The maximum Gasteiger partial charge on any atom is 0.220 e. The first-order valence-electron chi connectivity index (χ1n) is 7.23. The molecule has 1 amide bonds. The molecule has 0 aromatic rings. The molecule has 0 bridgehead atoms. The molecule has 0 heterocycles. The Balaban J connectivity index is 3.08. The van der Waals surface area contributed by atoms with E-state index in [0.717, 1.165) is 6.42 Å². The number of methoxy groups -OCH3 is 1. The lowest BCUT2D eigenvalue weighted by atomic mass is 10.2. The van der Waals surface area contributed by atoms with E-state index in [0.29, 0.717) is 65.6 Å². The van der Waals surface area contributed by atoms with Crippen LogP contribution in [-0.2, 0) is 23.7 Å². The van der Waals surface area contributed by atoms with E-state index in [1.54, 1.807) is 7.11 Å². The second-order valence-electron chi connectivity index (χ2n) is 4.24. The van der Waals surface area contributed by atoms with Gasteiger partial charge in [0.1, 0.15) is 0 Å². The zero-order valence-electron chi connectivity index (χ0n) is 12.9. The lowest BCUT2D eigenvalue weighted by molar-refractivity contribution is -0.121. The lowest BCUT2D eigenvalue weighted by Gasteiger charge is -2.07. The van der Waals surface area contributed by atoms with Crippen LogP contribution in [0.4, 0.5) is 0 Å². The molecule has 0 aliphatic heterocycles. The maximum absolute atomic E-state index is 11.3. The normalized spacial score (nSPS) is 10.3. The Kier molecular flexibility index (Phi) is 16.0. The number of ether oxygens (including phenoxy) is 4. The Labute approximate surface area is 127 Å². The minimum Gasteiger partial charge on any atom is -0.382 e. The van der Waals surface area contributed by atoms with Crippen molar-refractivity contribution in [2.45, 2.75) is 19.3 Å². The SMILES string of the molecule is C#CCCCC(=O)NCCOCCOCCOCCOC. The Bertz CT molecular complexity index is 278. The summed E-state index contributed by atoms with van der Waals surface area (Å²) in [7, 11) is 1.64. The van der Waals surface area contributed by atoms with Crippen molar-refractivity contribution in [1.82, 2.24) is 5.32 Å². The molecule has 0 fully saturated rings. The van der Waals surface area contributed by atoms with Crippen LogP contribution in [0.5, 0.6) is 0 Å². The van der Waals surface area contributed by atoms with E-state index in [-0.39, 0.29) is 5.91 Å². The van der Waals surface area contributed by atoms with Gasteiger partial charge in [-0.15, -0.1) is 12.3 Å². The first-order chi connectivity index (χ1) is 10.3. The Morgan fingerprint density at radius 2 is 1.57 bits per heavy atom. The molecule has 0 radical (unpaired) electrons. The highest BCUT2D eigenvalue weighted by Crippen LogP contribution is 1.92. The van der Waals surface area contributed by atoms with Gasteiger partial charge in [-0.05, 0) is 6.42 Å². The summed E-state index contributed by atoms with van der Waals surface area (Å²) in [5, 5.41) is 2.77. The second-order valence-corrected chi connectivity index (χ2v) is 4.24. The topological polar surface area (TPSA) is 66.0 Å². The number of carbonyl (C=O) groups is 1. The van der Waals surface area contributed by atoms with Gasteiger partial charge >= 0.3 is 0 Å². The number of hydrogen-bond acceptors (Lipinski definition) is 5. The lowest BCUT2D eigenvalue weighted by Crippen LogP contribution is -2.27. The summed E-state index contributed by atoms with van der Waals surface area (Å²) in [6, 6.07) is 0. The van der Waals surface area contributed by atoms with Gasteiger partial charge in [0.05, 0.1) is 46.2 Å². The monoisotopic (exact) mass is 301 g/mol. The summed E-state index contributed by atoms with van der Waals surface area (Å²) in [5.41, 5.74) is 0. The van der Waals surface area contributed by atoms with Crippen molar-refractivity contribution in [3.63, 3.8) is 0 Å². The molecule has 0 aromatic heterocycles. The molecule has 0 saturated carbocycles. The molecule has 21 heavy (non-hydrogen) atoms. The number of unbranched alkanes of at least 4 members (excludes halogenated alkanes) is 1. The van der Waals surface area contributed by atoms with E-state index < -0.39 is 0 Å². The molecular weight excluding hydrogens is 274 g/mol. The van der Waals surface area contributed by atoms with Crippen molar-refractivity contribution >= 4 is 5.91 Å². The number of terminal acetylenes is 1. The predicted molar refractivity (Wildman–Crippen MR) is 80.0 cm³/mol. The molecule has 0 unspecified atom stereocenters. The highest BCUT2D eigenvalue weighted by molar-refractivity contribution is 5.75. The van der Waals surface area contributed by atoms with Gasteiger partial charge in [-0.3, -0.25) is 4.79 Å². The highest BCUT2D eigenvalue weighted by Gasteiger charge is 1.99. The van der Waals surface area contributed by atoms with Crippen LogP contribution in [0.3, 0.4) is 0 Å². The van der Waals surface area contributed by atoms with Gasteiger partial charge in [-0.25, -0.2) is 0 Å². The van der Waals surface area contributed by atoms with Crippen LogP contribution in [-0.4, -0.2) is 65.8 Å². The van der Waals surface area contributed by atoms with Crippen LogP contribution in [0.15, 0.2) is 0 Å². The molecule has 0 saturated heterocycles. The molecule has 0 aliphatic rings. The summed E-state index contributed by atoms with van der Waals surface area (Å²) in [6.07, 6.45) is 6.94. The third-order valence-corrected chi connectivity index (χ3v) is 2.47. The first kappa shape index (κ1) is 19.9. The fraction of sp³-hybridized carbons (Fsp3) is 0.800. The van der Waals surface area contributed by atoms with E-state index in [1.165, 1.54) is 0 Å². The molecule has 0 atom stereocenters. The van der Waals surface area contributed by atoms with E-state index >= 15 is 0 Å². The molecule has 6 nitrogen and oxygen atoms in total. The molecule has 0 rings (SSSR count). The molecular formula is C15H27NO5. The number of carbonyl (C=O) groups excluding carboxylic acids is 1. The maximum atomic E-state index is 11.3. The van der Waals surface area contributed by atoms with Crippen molar-refractivity contribution in [3.8, 4) is 12.3 Å². The average Bonchev–Trinajstić information content (AvgIpc) is 2.48. The summed E-state index contributed by atoms with van der Waals surface area (Å²) in [4.78, 5) is 11.3. The van der Waals surface area contributed by atoms with E-state index in [1.807, 2.05) is 0 Å². The van der Waals surface area contributed by atoms with Crippen LogP contribution in [0.1, 0.15) is 19.3 Å². The summed E-state index contributed by atoms with van der Waals surface area (Å²) in [5.74, 6) is 2.52. The molecule has 0 aliphatic carbocycles. The molecule has 0 aromatic carbocycles. The Hall–Kier alpha value is -1.13. The zero-order valence-corrected chi connectivity index (χ0v) is 12.9. The Morgan fingerprint density at radius 3 is 2.14 bits per heavy atom. The molecule has 122 valence electrons. The minimum absolute atomic E-state index is 0.0123. The van der Waals surface area contributed by atoms with Gasteiger partial charge < -0.3 is 24.3 Å². The molecule has 0 spiro atoms. The predicted octanol–water partition coefficient (Wildman–Crippen LogP) is 0.602. The van der Waals surface area contributed by atoms with Crippen LogP contribution < -0.4 is 5.32 Å². The van der Waals surface area contributed by atoms with Crippen LogP contribution >= 0.6 is 0 Å². The molecule has 6 heteroatoms. The fourth-order valence-corrected chi connectivity index (χ4v) is 1.39. The van der Waals surface area contributed by atoms with Gasteiger partial charge in [-0.2, -0.15) is 0 Å². The van der Waals surface area contributed by atoms with Gasteiger partial charge in [0.2, 0.25) is 5.91 Å². The standard InChI is InChI=1S/C15H27NO5/c1-3-4-5-6-15(17)16-7-8-19-11-12-21-14-13-20-10-9-18-2/h1H,4-14H2,2H3,(H,16,17). The summed E-state index contributed by atoms with van der Waals surface area (Å²) < 4.78 is 20.7. The second kappa shape index (κ2) is 16.9. The minimum atomic E-state index is 0.0123. The van der Waals surface area contributed by atoms with Crippen molar-refractivity contribution in [2.75, 3.05) is 59.9 Å². The van der Waals surface area contributed by atoms with Crippen molar-refractivity contribution < 1.29 is 23.7 Å².